The van der Waals surface area contributed by atoms with Crippen molar-refractivity contribution in [3.05, 3.63) is 53.9 Å². The number of nitrogens with one attached hydrogen (secondary N) is 1. The molecule has 2 aliphatic rings. The van der Waals surface area contributed by atoms with Gasteiger partial charge in [0.2, 0.25) is 0 Å². The van der Waals surface area contributed by atoms with Crippen LogP contribution >= 0.6 is 0 Å². The molecule has 1 N–H and O–H groups in total. The van der Waals surface area contributed by atoms with Crippen LogP contribution in [0.4, 0.5) is 4.39 Å². The highest BCUT2D eigenvalue weighted by atomic mass is 19.1. The van der Waals surface area contributed by atoms with Crippen LogP contribution in [-0.4, -0.2) is 28.2 Å². The van der Waals surface area contributed by atoms with E-state index >= 15 is 0 Å². The Morgan fingerprint density at radius 2 is 1.96 bits per heavy atom. The van der Waals surface area contributed by atoms with Gasteiger partial charge in [-0.15, -0.1) is 0 Å². The molecule has 128 valence electrons. The number of aryl methyl sites for hydroxylation is 1. The minimum atomic E-state index is -0.156. The van der Waals surface area contributed by atoms with Crippen LogP contribution in [0.5, 0.6) is 0 Å². The molecule has 24 heavy (non-hydrogen) atoms. The van der Waals surface area contributed by atoms with Crippen molar-refractivity contribution < 1.29 is 9.13 Å². The molecule has 5 heteroatoms. The Labute approximate surface area is 142 Å². The largest absolute Gasteiger partial charge is 0.372 e. The highest BCUT2D eigenvalue weighted by Crippen LogP contribution is 2.38. The molecular formula is C19H24FN3O. The summed E-state index contributed by atoms with van der Waals surface area (Å²) in [5.41, 5.74) is 2.41. The standard InChI is InChI=1S/C19H24FN3O/c1-23-12-21-11-18(23)19-10-16(6-7-24-19)22-17-8-14(9-17)13-2-4-15(20)5-3-13/h2-5,11-12,14,16-17,19,22H,6-10H2,1H3. The van der Waals surface area contributed by atoms with Crippen LogP contribution in [0.2, 0.25) is 0 Å². The Hall–Kier alpha value is -1.72. The molecule has 0 amide bonds. The summed E-state index contributed by atoms with van der Waals surface area (Å²) in [5.74, 6) is 0.409. The van der Waals surface area contributed by atoms with Crippen molar-refractivity contribution in [3.63, 3.8) is 0 Å². The third kappa shape index (κ3) is 3.23. The third-order valence-electron chi connectivity index (χ3n) is 5.42. The molecule has 4 nitrogen and oxygen atoms in total. The van der Waals surface area contributed by atoms with Crippen molar-refractivity contribution in [2.75, 3.05) is 6.61 Å². The maximum atomic E-state index is 13.0. The average molecular weight is 329 g/mol. The first-order chi connectivity index (χ1) is 11.7. The monoisotopic (exact) mass is 329 g/mol. The van der Waals surface area contributed by atoms with Crippen LogP contribution in [0.25, 0.3) is 0 Å². The number of benzene rings is 1. The molecule has 1 aliphatic carbocycles. The van der Waals surface area contributed by atoms with E-state index in [-0.39, 0.29) is 11.9 Å². The van der Waals surface area contributed by atoms with Gasteiger partial charge in [-0.3, -0.25) is 0 Å². The SMILES string of the molecule is Cn1cncc1C1CC(NC2CC(c3ccc(F)cc3)C2)CCO1. The van der Waals surface area contributed by atoms with E-state index in [2.05, 4.69) is 10.3 Å². The highest BCUT2D eigenvalue weighted by Gasteiger charge is 2.34. The second kappa shape index (κ2) is 6.65. The lowest BCUT2D eigenvalue weighted by Gasteiger charge is -2.40. The molecule has 2 heterocycles. The van der Waals surface area contributed by atoms with E-state index in [0.717, 1.165) is 38.0 Å². The van der Waals surface area contributed by atoms with Crippen molar-refractivity contribution in [1.29, 1.82) is 0 Å². The lowest BCUT2D eigenvalue weighted by Crippen LogP contribution is -2.47. The number of hydrogen-bond donors (Lipinski definition) is 1. The minimum absolute atomic E-state index is 0.136. The number of ether oxygens (including phenoxy) is 1. The molecule has 1 aromatic heterocycles. The minimum Gasteiger partial charge on any atom is -0.372 e. The van der Waals surface area contributed by atoms with Gasteiger partial charge in [0, 0.05) is 25.7 Å². The number of halogens is 1. The van der Waals surface area contributed by atoms with Crippen molar-refractivity contribution in [2.24, 2.45) is 7.05 Å². The average Bonchev–Trinajstić information content (AvgIpc) is 2.98. The van der Waals surface area contributed by atoms with Crippen LogP contribution < -0.4 is 5.32 Å². The number of hydrogen-bond acceptors (Lipinski definition) is 3. The molecule has 0 radical (unpaired) electrons. The second-order valence-electron chi connectivity index (χ2n) is 7.09. The molecule has 2 unspecified atom stereocenters. The first-order valence-electron chi connectivity index (χ1n) is 8.78. The van der Waals surface area contributed by atoms with Gasteiger partial charge < -0.3 is 14.6 Å². The van der Waals surface area contributed by atoms with E-state index < -0.39 is 0 Å². The summed E-state index contributed by atoms with van der Waals surface area (Å²) in [7, 11) is 2.02. The molecular weight excluding hydrogens is 305 g/mol. The molecule has 1 aliphatic heterocycles. The second-order valence-corrected chi connectivity index (χ2v) is 7.09. The van der Waals surface area contributed by atoms with Crippen LogP contribution in [0.1, 0.15) is 49.0 Å². The van der Waals surface area contributed by atoms with Crippen LogP contribution in [-0.2, 0) is 11.8 Å². The lowest BCUT2D eigenvalue weighted by molar-refractivity contribution is -0.00800. The smallest absolute Gasteiger partial charge is 0.123 e. The quantitative estimate of drug-likeness (QED) is 0.935. The van der Waals surface area contributed by atoms with Gasteiger partial charge >= 0.3 is 0 Å². The van der Waals surface area contributed by atoms with Crippen molar-refractivity contribution in [1.82, 2.24) is 14.9 Å². The fourth-order valence-corrected chi connectivity index (χ4v) is 3.93. The number of aromatic nitrogens is 2. The zero-order chi connectivity index (χ0) is 16.5. The number of nitrogens with zero attached hydrogens (tertiary/aromatic N) is 2. The van der Waals surface area contributed by atoms with Crippen LogP contribution in [0.15, 0.2) is 36.8 Å². The number of rotatable bonds is 4. The van der Waals surface area contributed by atoms with Gasteiger partial charge in [-0.05, 0) is 49.3 Å². The normalized spacial score (nSPS) is 30.1. The van der Waals surface area contributed by atoms with E-state index in [4.69, 9.17) is 4.74 Å². The van der Waals surface area contributed by atoms with Crippen molar-refractivity contribution >= 4 is 0 Å². The molecule has 2 atom stereocenters. The van der Waals surface area contributed by atoms with E-state index in [0.29, 0.717) is 18.0 Å². The third-order valence-corrected chi connectivity index (χ3v) is 5.42. The maximum Gasteiger partial charge on any atom is 0.123 e. The molecule has 2 fully saturated rings. The summed E-state index contributed by atoms with van der Waals surface area (Å²) in [4.78, 5) is 4.20. The van der Waals surface area contributed by atoms with Gasteiger partial charge in [0.1, 0.15) is 11.9 Å². The van der Waals surface area contributed by atoms with Crippen molar-refractivity contribution in [3.8, 4) is 0 Å². The van der Waals surface area contributed by atoms with Gasteiger partial charge in [0.15, 0.2) is 0 Å². The lowest BCUT2D eigenvalue weighted by atomic mass is 9.75. The van der Waals surface area contributed by atoms with Crippen LogP contribution in [0.3, 0.4) is 0 Å². The summed E-state index contributed by atoms with van der Waals surface area (Å²) in [5, 5.41) is 3.79. The summed E-state index contributed by atoms with van der Waals surface area (Å²) >= 11 is 0. The zero-order valence-corrected chi connectivity index (χ0v) is 14.0. The maximum absolute atomic E-state index is 13.0. The van der Waals surface area contributed by atoms with Crippen LogP contribution in [0, 0.1) is 5.82 Å². The number of imidazole rings is 1. The Morgan fingerprint density at radius 3 is 2.67 bits per heavy atom. The van der Waals surface area contributed by atoms with Gasteiger partial charge in [-0.25, -0.2) is 9.37 Å². The van der Waals surface area contributed by atoms with Crippen molar-refractivity contribution in [2.45, 2.75) is 49.8 Å². The van der Waals surface area contributed by atoms with E-state index in [1.165, 1.54) is 5.56 Å². The van der Waals surface area contributed by atoms with Gasteiger partial charge in [-0.2, -0.15) is 0 Å². The molecule has 2 aromatic rings. The first kappa shape index (κ1) is 15.8. The van der Waals surface area contributed by atoms with Gasteiger partial charge in [-0.1, -0.05) is 12.1 Å². The Balaban J connectivity index is 1.29. The fourth-order valence-electron chi connectivity index (χ4n) is 3.93. The van der Waals surface area contributed by atoms with Gasteiger partial charge in [0.05, 0.1) is 18.2 Å². The van der Waals surface area contributed by atoms with E-state index in [1.54, 1.807) is 12.1 Å². The molecule has 1 saturated carbocycles. The van der Waals surface area contributed by atoms with Gasteiger partial charge in [0.25, 0.3) is 0 Å². The molecule has 0 spiro atoms. The predicted molar refractivity (Wildman–Crippen MR) is 90.2 cm³/mol. The fraction of sp³-hybridized carbons (Fsp3) is 0.526. The molecule has 1 saturated heterocycles. The summed E-state index contributed by atoms with van der Waals surface area (Å²) in [6, 6.07) is 8.03. The zero-order valence-electron chi connectivity index (χ0n) is 14.0. The first-order valence-corrected chi connectivity index (χ1v) is 8.78. The summed E-state index contributed by atoms with van der Waals surface area (Å²) in [6.45, 7) is 0.793. The summed E-state index contributed by atoms with van der Waals surface area (Å²) < 4.78 is 21.0. The highest BCUT2D eigenvalue weighted by molar-refractivity contribution is 5.23. The predicted octanol–water partition coefficient (Wildman–Crippen LogP) is 3.32. The Bertz CT molecular complexity index is 678. The van der Waals surface area contributed by atoms with E-state index in [9.17, 15) is 4.39 Å². The Kier molecular flexibility index (Phi) is 4.37. The van der Waals surface area contributed by atoms with E-state index in [1.807, 2.05) is 36.3 Å². The molecule has 0 bridgehead atoms. The summed E-state index contributed by atoms with van der Waals surface area (Å²) in [6.07, 6.45) is 8.20. The molecule has 1 aromatic carbocycles. The topological polar surface area (TPSA) is 39.1 Å². The molecule has 4 rings (SSSR count). The Morgan fingerprint density at radius 1 is 1.17 bits per heavy atom.